The Hall–Kier alpha value is -8.18. The van der Waals surface area contributed by atoms with Crippen LogP contribution in [0, 0.1) is 0 Å². The molecule has 0 bridgehead atoms. The lowest BCUT2D eigenvalue weighted by atomic mass is 9.82. The van der Waals surface area contributed by atoms with Crippen LogP contribution in [0.15, 0.2) is 224 Å². The molecule has 1 aliphatic carbocycles. The Balaban J connectivity index is 1.02. The summed E-state index contributed by atoms with van der Waals surface area (Å²) >= 11 is 0. The Labute approximate surface area is 411 Å². The Morgan fingerprint density at radius 1 is 0.357 bits per heavy atom. The summed E-state index contributed by atoms with van der Waals surface area (Å²) in [5.41, 5.74) is 16.4. The maximum Gasteiger partial charge on any atom is 0.137 e. The fourth-order valence-corrected chi connectivity index (χ4v) is 12.6. The topological polar surface area (TPSA) is 15.7 Å². The van der Waals surface area contributed by atoms with E-state index in [0.717, 1.165) is 56.6 Å². The van der Waals surface area contributed by atoms with E-state index in [-0.39, 0.29) is 5.41 Å². The quantitative estimate of drug-likeness (QED) is 0.112. The molecule has 0 fully saturated rings. The number of fused-ring (bicyclic) bond motifs is 9. The third-order valence-electron chi connectivity index (χ3n) is 15.0. The van der Waals surface area contributed by atoms with Gasteiger partial charge in [-0.1, -0.05) is 184 Å². The summed E-state index contributed by atoms with van der Waals surface area (Å²) in [5, 5.41) is 8.53. The molecule has 0 radical (unpaired) electrons. The fraction of sp³-hybridized carbons (Fsp3) is 0.0909. The molecule has 0 aromatic heterocycles. The molecule has 0 saturated carbocycles. The van der Waals surface area contributed by atoms with Crippen LogP contribution in [0.2, 0.25) is 19.6 Å². The van der Waals surface area contributed by atoms with Crippen LogP contribution in [0.1, 0.15) is 25.0 Å². The highest BCUT2D eigenvalue weighted by Crippen LogP contribution is 2.55. The van der Waals surface area contributed by atoms with E-state index in [1.165, 1.54) is 71.1 Å². The largest absolute Gasteiger partial charge is 0.456 e. The lowest BCUT2D eigenvalue weighted by Crippen LogP contribution is -2.37. The van der Waals surface area contributed by atoms with Gasteiger partial charge in [-0.05, 0) is 128 Å². The summed E-state index contributed by atoms with van der Waals surface area (Å²) in [7, 11) is -1.48. The van der Waals surface area contributed by atoms with Gasteiger partial charge in [-0.15, -0.1) is 0 Å². The Bertz CT molecular complexity index is 3870. The van der Waals surface area contributed by atoms with E-state index in [2.05, 4.69) is 268 Å². The van der Waals surface area contributed by atoms with Gasteiger partial charge in [-0.2, -0.15) is 0 Å². The smallest absolute Gasteiger partial charge is 0.137 e. The van der Waals surface area contributed by atoms with Crippen molar-refractivity contribution < 1.29 is 4.74 Å². The molecule has 0 amide bonds. The highest BCUT2D eigenvalue weighted by molar-refractivity contribution is 6.88. The van der Waals surface area contributed by atoms with Crippen LogP contribution in [0.5, 0.6) is 11.5 Å². The Morgan fingerprint density at radius 3 is 1.71 bits per heavy atom. The molecule has 11 aromatic rings. The van der Waals surface area contributed by atoms with Crippen molar-refractivity contribution in [3.63, 3.8) is 0 Å². The van der Waals surface area contributed by atoms with Gasteiger partial charge in [0.15, 0.2) is 0 Å². The summed E-state index contributed by atoms with van der Waals surface area (Å²) in [6, 6.07) is 82.7. The second-order valence-electron chi connectivity index (χ2n) is 20.5. The van der Waals surface area contributed by atoms with Crippen molar-refractivity contribution >= 4 is 79.7 Å². The molecule has 1 heterocycles. The average molecular weight is 917 g/mol. The van der Waals surface area contributed by atoms with Gasteiger partial charge in [0.2, 0.25) is 0 Å². The molecular formula is C66H52N2OSi. The first-order valence-electron chi connectivity index (χ1n) is 24.5. The molecule has 13 rings (SSSR count). The monoisotopic (exact) mass is 916 g/mol. The molecule has 0 atom stereocenters. The summed E-state index contributed by atoms with van der Waals surface area (Å²) < 4.78 is 7.05. The maximum absolute atomic E-state index is 7.05. The van der Waals surface area contributed by atoms with Crippen molar-refractivity contribution in [2.24, 2.45) is 0 Å². The fourth-order valence-electron chi connectivity index (χ4n) is 11.5. The summed E-state index contributed by atoms with van der Waals surface area (Å²) in [6.07, 6.45) is 0. The Morgan fingerprint density at radius 2 is 0.943 bits per heavy atom. The minimum atomic E-state index is -1.48. The number of hydrogen-bond donors (Lipinski definition) is 0. The zero-order valence-electron chi connectivity index (χ0n) is 40.2. The van der Waals surface area contributed by atoms with Crippen molar-refractivity contribution in [2.45, 2.75) is 38.9 Å². The highest BCUT2D eigenvalue weighted by Gasteiger charge is 2.36. The van der Waals surface area contributed by atoms with E-state index in [4.69, 9.17) is 4.74 Å². The van der Waals surface area contributed by atoms with Gasteiger partial charge in [-0.3, -0.25) is 0 Å². The van der Waals surface area contributed by atoms with Crippen LogP contribution in [0.4, 0.5) is 34.1 Å². The van der Waals surface area contributed by atoms with Crippen molar-refractivity contribution in [1.82, 2.24) is 0 Å². The number of rotatable bonds is 8. The SMILES string of the molecule is CC1(C)c2ccccc2-c2ccc(N(c3ccccc3-c3ccccc3)c3cc4c5cccc6c5c(cc4c4ccccc34)-c3ccc(N(c4ccccc4)c4ccc([Si](C)(C)C)cc4)cc3O6)cc21. The van der Waals surface area contributed by atoms with Gasteiger partial charge in [0.1, 0.15) is 11.5 Å². The van der Waals surface area contributed by atoms with Crippen LogP contribution >= 0.6 is 0 Å². The molecule has 0 saturated heterocycles. The van der Waals surface area contributed by atoms with Crippen LogP contribution in [-0.4, -0.2) is 8.07 Å². The van der Waals surface area contributed by atoms with Crippen LogP contribution < -0.4 is 19.7 Å². The minimum Gasteiger partial charge on any atom is -0.456 e. The zero-order valence-corrected chi connectivity index (χ0v) is 41.2. The first-order valence-corrected chi connectivity index (χ1v) is 28.0. The van der Waals surface area contributed by atoms with Crippen LogP contribution in [0.3, 0.4) is 0 Å². The third-order valence-corrected chi connectivity index (χ3v) is 17.0. The number of benzene rings is 11. The zero-order chi connectivity index (χ0) is 47.3. The molecule has 4 heteroatoms. The van der Waals surface area contributed by atoms with Crippen molar-refractivity contribution in [3.8, 4) is 44.9 Å². The Kier molecular flexibility index (Phi) is 9.56. The predicted molar refractivity (Wildman–Crippen MR) is 300 cm³/mol. The summed E-state index contributed by atoms with van der Waals surface area (Å²) in [6.45, 7) is 11.9. The standard InChI is InChI=1S/C66H52N2OSi/c1-66(2)59-28-16-14-25-51(59)52-37-33-46(39-60(52)66)68(61-29-17-15-23-49(61)43-19-8-6-9-20-43)62-42-57-55-27-18-30-63-65(55)58(41-56(57)50-24-12-13-26-53(50)62)54-38-34-47(40-64(54)69-63)67(44-21-10-7-11-22-44)45-31-35-48(36-32-45)70(3,4)5/h6-42H,1-5H3. The van der Waals surface area contributed by atoms with E-state index in [1.54, 1.807) is 0 Å². The summed E-state index contributed by atoms with van der Waals surface area (Å²) in [4.78, 5) is 4.86. The molecule has 336 valence electrons. The lowest BCUT2D eigenvalue weighted by Gasteiger charge is -2.31. The second kappa shape index (κ2) is 15.9. The lowest BCUT2D eigenvalue weighted by molar-refractivity contribution is 0.487. The van der Waals surface area contributed by atoms with E-state index >= 15 is 0 Å². The van der Waals surface area contributed by atoms with Gasteiger partial charge in [-0.25, -0.2) is 0 Å². The molecule has 0 unspecified atom stereocenters. The number of nitrogens with zero attached hydrogens (tertiary/aromatic N) is 2. The second-order valence-corrected chi connectivity index (χ2v) is 25.6. The highest BCUT2D eigenvalue weighted by atomic mass is 28.3. The molecule has 70 heavy (non-hydrogen) atoms. The minimum absolute atomic E-state index is 0.162. The third kappa shape index (κ3) is 6.62. The van der Waals surface area contributed by atoms with Gasteiger partial charge in [0.05, 0.1) is 19.4 Å². The molecular weight excluding hydrogens is 865 g/mol. The van der Waals surface area contributed by atoms with E-state index in [9.17, 15) is 0 Å². The van der Waals surface area contributed by atoms with E-state index in [0.29, 0.717) is 0 Å². The maximum atomic E-state index is 7.05. The van der Waals surface area contributed by atoms with Gasteiger partial charge < -0.3 is 14.5 Å². The predicted octanol–water partition coefficient (Wildman–Crippen LogP) is 18.4. The number of anilines is 6. The molecule has 11 aromatic carbocycles. The van der Waals surface area contributed by atoms with Gasteiger partial charge >= 0.3 is 0 Å². The van der Waals surface area contributed by atoms with Crippen LogP contribution in [-0.2, 0) is 5.41 Å². The summed E-state index contributed by atoms with van der Waals surface area (Å²) in [5.74, 6) is 1.72. The number of hydrogen-bond acceptors (Lipinski definition) is 3. The molecule has 0 N–H and O–H groups in total. The molecule has 0 spiro atoms. The first kappa shape index (κ1) is 42.0. The average Bonchev–Trinajstić information content (AvgIpc) is 3.62. The van der Waals surface area contributed by atoms with Crippen molar-refractivity contribution in [1.29, 1.82) is 0 Å². The van der Waals surface area contributed by atoms with Crippen molar-refractivity contribution in [3.05, 3.63) is 236 Å². The number of para-hydroxylation sites is 2. The number of ether oxygens (including phenoxy) is 1. The normalized spacial score (nSPS) is 13.2. The van der Waals surface area contributed by atoms with Gasteiger partial charge in [0, 0.05) is 56.1 Å². The van der Waals surface area contributed by atoms with Crippen molar-refractivity contribution in [2.75, 3.05) is 9.80 Å². The first-order chi connectivity index (χ1) is 34.1. The van der Waals surface area contributed by atoms with Crippen LogP contribution in [0.25, 0.3) is 65.7 Å². The van der Waals surface area contributed by atoms with E-state index in [1.807, 2.05) is 0 Å². The molecule has 1 aliphatic heterocycles. The van der Waals surface area contributed by atoms with Gasteiger partial charge in [0.25, 0.3) is 0 Å². The molecule has 2 aliphatic rings. The van der Waals surface area contributed by atoms with E-state index < -0.39 is 8.07 Å². The molecule has 3 nitrogen and oxygen atoms in total.